The fourth-order valence-electron chi connectivity index (χ4n) is 4.68. The number of ether oxygens (including phenoxy) is 1. The van der Waals surface area contributed by atoms with Crippen molar-refractivity contribution < 1.29 is 9.53 Å². The van der Waals surface area contributed by atoms with E-state index in [9.17, 15) is 4.79 Å². The van der Waals surface area contributed by atoms with Crippen LogP contribution in [0.25, 0.3) is 5.57 Å². The van der Waals surface area contributed by atoms with Gasteiger partial charge < -0.3 is 4.74 Å². The molecule has 0 aromatic heterocycles. The number of rotatable bonds is 2. The van der Waals surface area contributed by atoms with Crippen molar-refractivity contribution in [3.05, 3.63) is 46.5 Å². The van der Waals surface area contributed by atoms with Crippen molar-refractivity contribution in [3.8, 4) is 5.75 Å². The highest BCUT2D eigenvalue weighted by Gasteiger charge is 2.47. The van der Waals surface area contributed by atoms with Crippen molar-refractivity contribution in [2.24, 2.45) is 5.41 Å². The number of allylic oxidation sites excluding steroid dienone is 4. The van der Waals surface area contributed by atoms with Crippen LogP contribution >= 0.6 is 0 Å². The van der Waals surface area contributed by atoms with Gasteiger partial charge in [0.15, 0.2) is 0 Å². The van der Waals surface area contributed by atoms with E-state index in [0.717, 1.165) is 37.9 Å². The smallest absolute Gasteiger partial charge is 0.147 e. The molecular weight excluding hydrogens is 272 g/mol. The lowest BCUT2D eigenvalue weighted by Gasteiger charge is -2.39. The summed E-state index contributed by atoms with van der Waals surface area (Å²) in [5.41, 5.74) is 6.93. The van der Waals surface area contributed by atoms with Crippen LogP contribution in [-0.2, 0) is 11.2 Å². The van der Waals surface area contributed by atoms with Crippen molar-refractivity contribution in [3.63, 3.8) is 0 Å². The Morgan fingerprint density at radius 3 is 2.82 bits per heavy atom. The quantitative estimate of drug-likeness (QED) is 0.803. The summed E-state index contributed by atoms with van der Waals surface area (Å²) in [5, 5.41) is 0. The van der Waals surface area contributed by atoms with Crippen LogP contribution in [0.3, 0.4) is 0 Å². The molecule has 4 rings (SSSR count). The van der Waals surface area contributed by atoms with Gasteiger partial charge in [-0.25, -0.2) is 0 Å². The predicted molar refractivity (Wildman–Crippen MR) is 87.9 cm³/mol. The van der Waals surface area contributed by atoms with Crippen molar-refractivity contribution >= 4 is 11.4 Å². The van der Waals surface area contributed by atoms with Gasteiger partial charge in [-0.15, -0.1) is 0 Å². The average Bonchev–Trinajstić information content (AvgIpc) is 2.91. The standard InChI is InChI=1S/C20H22O2/c1-3-20-11-10-16-15-7-5-14(22-2)12-13(15)4-6-17(16)18(20)8-9-19(20)21/h5,7-8,12H,3-4,6,9-11H2,1-2H3/t20-/m0/s1. The average molecular weight is 294 g/mol. The molecule has 0 radical (unpaired) electrons. The van der Waals surface area contributed by atoms with Crippen molar-refractivity contribution in [2.75, 3.05) is 7.11 Å². The molecule has 1 atom stereocenters. The molecule has 0 N–H and O–H groups in total. The monoisotopic (exact) mass is 294 g/mol. The van der Waals surface area contributed by atoms with Gasteiger partial charge in [-0.1, -0.05) is 19.1 Å². The highest BCUT2D eigenvalue weighted by molar-refractivity contribution is 5.97. The molecule has 0 unspecified atom stereocenters. The maximum Gasteiger partial charge on any atom is 0.147 e. The first-order valence-corrected chi connectivity index (χ1v) is 8.33. The second-order valence-electron chi connectivity index (χ2n) is 6.66. The lowest BCUT2D eigenvalue weighted by molar-refractivity contribution is -0.125. The maximum absolute atomic E-state index is 12.5. The maximum atomic E-state index is 12.5. The summed E-state index contributed by atoms with van der Waals surface area (Å²) in [5.74, 6) is 1.38. The summed E-state index contributed by atoms with van der Waals surface area (Å²) in [4.78, 5) is 12.5. The van der Waals surface area contributed by atoms with Gasteiger partial charge in [-0.05, 0) is 72.1 Å². The zero-order valence-corrected chi connectivity index (χ0v) is 13.4. The molecule has 1 aromatic rings. The second kappa shape index (κ2) is 4.84. The van der Waals surface area contributed by atoms with Gasteiger partial charge in [-0.2, -0.15) is 0 Å². The number of ketones is 1. The lowest BCUT2D eigenvalue weighted by Crippen LogP contribution is -2.33. The molecule has 22 heavy (non-hydrogen) atoms. The molecule has 0 bridgehead atoms. The van der Waals surface area contributed by atoms with E-state index in [0.29, 0.717) is 12.2 Å². The van der Waals surface area contributed by atoms with Crippen LogP contribution in [0.1, 0.15) is 50.2 Å². The Kier molecular flexibility index (Phi) is 3.04. The lowest BCUT2D eigenvalue weighted by atomic mass is 9.63. The molecule has 3 aliphatic carbocycles. The second-order valence-corrected chi connectivity index (χ2v) is 6.66. The van der Waals surface area contributed by atoms with Crippen LogP contribution in [0.4, 0.5) is 0 Å². The first-order valence-electron chi connectivity index (χ1n) is 8.33. The van der Waals surface area contributed by atoms with Gasteiger partial charge >= 0.3 is 0 Å². The van der Waals surface area contributed by atoms with E-state index in [-0.39, 0.29) is 5.41 Å². The van der Waals surface area contributed by atoms with Crippen LogP contribution in [0.5, 0.6) is 5.75 Å². The molecule has 1 aromatic carbocycles. The molecule has 2 nitrogen and oxygen atoms in total. The van der Waals surface area contributed by atoms with E-state index in [1.54, 1.807) is 7.11 Å². The zero-order valence-electron chi connectivity index (χ0n) is 13.4. The Labute approximate surface area is 131 Å². The molecule has 0 fully saturated rings. The number of hydrogen-bond acceptors (Lipinski definition) is 2. The first kappa shape index (κ1) is 13.8. The third-order valence-electron chi connectivity index (χ3n) is 5.92. The minimum absolute atomic E-state index is 0.164. The van der Waals surface area contributed by atoms with Crippen LogP contribution in [-0.4, -0.2) is 12.9 Å². The summed E-state index contributed by atoms with van der Waals surface area (Å²) in [6.45, 7) is 2.17. The van der Waals surface area contributed by atoms with E-state index >= 15 is 0 Å². The molecule has 0 amide bonds. The molecule has 0 saturated carbocycles. The van der Waals surface area contributed by atoms with Crippen LogP contribution in [0.15, 0.2) is 35.4 Å². The zero-order chi connectivity index (χ0) is 15.3. The van der Waals surface area contributed by atoms with Gasteiger partial charge in [-0.3, -0.25) is 4.79 Å². The van der Waals surface area contributed by atoms with Crippen LogP contribution < -0.4 is 4.74 Å². The van der Waals surface area contributed by atoms with Crippen molar-refractivity contribution in [2.45, 2.75) is 45.4 Å². The predicted octanol–water partition coefficient (Wildman–Crippen LogP) is 4.48. The number of hydrogen-bond donors (Lipinski definition) is 0. The molecule has 2 heteroatoms. The Bertz CT molecular complexity index is 723. The van der Waals surface area contributed by atoms with Gasteiger partial charge in [0.25, 0.3) is 0 Å². The van der Waals surface area contributed by atoms with E-state index < -0.39 is 0 Å². The fraction of sp³-hybridized carbons (Fsp3) is 0.450. The molecule has 3 aliphatic rings. The van der Waals surface area contributed by atoms with E-state index in [4.69, 9.17) is 4.74 Å². The summed E-state index contributed by atoms with van der Waals surface area (Å²) in [6, 6.07) is 6.44. The Morgan fingerprint density at radius 2 is 2.05 bits per heavy atom. The summed E-state index contributed by atoms with van der Waals surface area (Å²) in [6.07, 6.45) is 7.94. The van der Waals surface area contributed by atoms with Gasteiger partial charge in [0.2, 0.25) is 0 Å². The van der Waals surface area contributed by atoms with Crippen LogP contribution in [0.2, 0.25) is 0 Å². The fourth-order valence-corrected chi connectivity index (χ4v) is 4.68. The number of benzene rings is 1. The molecule has 0 heterocycles. The molecule has 114 valence electrons. The summed E-state index contributed by atoms with van der Waals surface area (Å²) < 4.78 is 5.36. The molecule has 0 saturated heterocycles. The summed E-state index contributed by atoms with van der Waals surface area (Å²) >= 11 is 0. The number of methoxy groups -OCH3 is 1. The van der Waals surface area contributed by atoms with E-state index in [1.807, 2.05) is 0 Å². The van der Waals surface area contributed by atoms with Gasteiger partial charge in [0, 0.05) is 6.42 Å². The van der Waals surface area contributed by atoms with E-state index in [2.05, 4.69) is 31.2 Å². The Balaban J connectivity index is 1.84. The third-order valence-corrected chi connectivity index (χ3v) is 5.92. The first-order chi connectivity index (χ1) is 10.7. The number of carbonyl (C=O) groups is 1. The molecule has 0 aliphatic heterocycles. The topological polar surface area (TPSA) is 26.3 Å². The highest BCUT2D eigenvalue weighted by Crippen LogP contribution is 2.55. The Hall–Kier alpha value is -1.83. The van der Waals surface area contributed by atoms with Gasteiger partial charge in [0.1, 0.15) is 11.5 Å². The SMILES string of the molecule is CC[C@]12CCC3=C(CCc4cc(OC)ccc43)C1=CCC2=O. The highest BCUT2D eigenvalue weighted by atomic mass is 16.5. The minimum Gasteiger partial charge on any atom is -0.497 e. The number of aryl methyl sites for hydroxylation is 1. The third kappa shape index (κ3) is 1.70. The number of carbonyl (C=O) groups excluding carboxylic acids is 1. The molecular formula is C20H22O2. The van der Waals surface area contributed by atoms with E-state index in [1.165, 1.54) is 27.8 Å². The Morgan fingerprint density at radius 1 is 1.18 bits per heavy atom. The molecule has 0 spiro atoms. The number of Topliss-reactive ketones (excluding diaryl/α,β-unsaturated/α-hetero) is 1. The van der Waals surface area contributed by atoms with Crippen molar-refractivity contribution in [1.82, 2.24) is 0 Å². The normalized spacial score (nSPS) is 26.3. The minimum atomic E-state index is -0.164. The van der Waals surface area contributed by atoms with Crippen LogP contribution in [0, 0.1) is 5.41 Å². The number of fused-ring (bicyclic) bond motifs is 4. The van der Waals surface area contributed by atoms with Gasteiger partial charge in [0.05, 0.1) is 12.5 Å². The summed E-state index contributed by atoms with van der Waals surface area (Å²) in [7, 11) is 1.72. The largest absolute Gasteiger partial charge is 0.497 e. The van der Waals surface area contributed by atoms with Crippen molar-refractivity contribution in [1.29, 1.82) is 0 Å².